The van der Waals surface area contributed by atoms with Gasteiger partial charge in [0.15, 0.2) is 0 Å². The lowest BCUT2D eigenvalue weighted by molar-refractivity contribution is 0.596. The number of hydrogen-bond acceptors (Lipinski definition) is 3. The van der Waals surface area contributed by atoms with Crippen LogP contribution in [0, 0.1) is 12.8 Å². The SMILES string of the molecule is Cc1csc(C(NC2CC2)c2ccc(CC(C)C)cc2)n1. The molecule has 3 heteroatoms. The Bertz CT molecular complexity index is 582. The number of benzene rings is 1. The van der Waals surface area contributed by atoms with Crippen molar-refractivity contribution in [1.29, 1.82) is 0 Å². The van der Waals surface area contributed by atoms with E-state index in [0.29, 0.717) is 12.0 Å². The van der Waals surface area contributed by atoms with Crippen molar-refractivity contribution >= 4 is 11.3 Å². The van der Waals surface area contributed by atoms with Gasteiger partial charge in [-0.25, -0.2) is 4.98 Å². The quantitative estimate of drug-likeness (QED) is 0.850. The van der Waals surface area contributed by atoms with Gasteiger partial charge in [0.2, 0.25) is 0 Å². The molecule has 1 saturated carbocycles. The van der Waals surface area contributed by atoms with Crippen LogP contribution in [0.15, 0.2) is 29.6 Å². The molecule has 1 aliphatic carbocycles. The minimum absolute atomic E-state index is 0.254. The van der Waals surface area contributed by atoms with Crippen molar-refractivity contribution < 1.29 is 0 Å². The molecule has 1 fully saturated rings. The molecule has 21 heavy (non-hydrogen) atoms. The van der Waals surface area contributed by atoms with E-state index in [1.165, 1.54) is 29.0 Å². The normalized spacial score (nSPS) is 16.4. The molecule has 1 N–H and O–H groups in total. The van der Waals surface area contributed by atoms with Crippen molar-refractivity contribution in [1.82, 2.24) is 10.3 Å². The van der Waals surface area contributed by atoms with E-state index < -0.39 is 0 Å². The lowest BCUT2D eigenvalue weighted by Gasteiger charge is -2.17. The highest BCUT2D eigenvalue weighted by atomic mass is 32.1. The highest BCUT2D eigenvalue weighted by molar-refractivity contribution is 7.09. The molecule has 112 valence electrons. The fourth-order valence-corrected chi connectivity index (χ4v) is 3.50. The summed E-state index contributed by atoms with van der Waals surface area (Å²) in [7, 11) is 0. The van der Waals surface area contributed by atoms with Crippen LogP contribution in [0.2, 0.25) is 0 Å². The Kier molecular flexibility index (Phi) is 4.41. The first-order chi connectivity index (χ1) is 10.1. The van der Waals surface area contributed by atoms with Gasteiger partial charge in [-0.2, -0.15) is 0 Å². The van der Waals surface area contributed by atoms with Gasteiger partial charge in [-0.1, -0.05) is 38.1 Å². The molecule has 1 aromatic heterocycles. The smallest absolute Gasteiger partial charge is 0.114 e. The molecule has 2 nitrogen and oxygen atoms in total. The highest BCUT2D eigenvalue weighted by Gasteiger charge is 2.27. The van der Waals surface area contributed by atoms with Gasteiger partial charge in [0.05, 0.1) is 6.04 Å². The third kappa shape index (κ3) is 3.92. The number of aromatic nitrogens is 1. The zero-order chi connectivity index (χ0) is 14.8. The third-order valence-corrected chi connectivity index (χ3v) is 4.85. The van der Waals surface area contributed by atoms with Gasteiger partial charge in [-0.3, -0.25) is 0 Å². The van der Waals surface area contributed by atoms with Crippen molar-refractivity contribution in [2.75, 3.05) is 0 Å². The molecule has 0 bridgehead atoms. The molecule has 1 atom stereocenters. The maximum absolute atomic E-state index is 4.70. The van der Waals surface area contributed by atoms with Crippen molar-refractivity contribution in [2.45, 2.75) is 52.1 Å². The molecular formula is C18H24N2S. The van der Waals surface area contributed by atoms with E-state index >= 15 is 0 Å². The summed E-state index contributed by atoms with van der Waals surface area (Å²) in [5, 5.41) is 7.08. The average Bonchev–Trinajstić information content (AvgIpc) is 3.17. The van der Waals surface area contributed by atoms with E-state index in [1.54, 1.807) is 11.3 Å². The molecule has 1 unspecified atom stereocenters. The van der Waals surface area contributed by atoms with Crippen LogP contribution in [0.5, 0.6) is 0 Å². The first-order valence-corrected chi connectivity index (χ1v) is 8.76. The standard InChI is InChI=1S/C18H24N2S/c1-12(2)10-14-4-6-15(7-5-14)17(20-16-8-9-16)18-19-13(3)11-21-18/h4-7,11-12,16-17,20H,8-10H2,1-3H3. The van der Waals surface area contributed by atoms with Crippen LogP contribution >= 0.6 is 11.3 Å². The van der Waals surface area contributed by atoms with Crippen molar-refractivity contribution in [2.24, 2.45) is 5.92 Å². The lowest BCUT2D eigenvalue weighted by atomic mass is 9.99. The van der Waals surface area contributed by atoms with Crippen molar-refractivity contribution in [3.8, 4) is 0 Å². The summed E-state index contributed by atoms with van der Waals surface area (Å²) in [4.78, 5) is 4.70. The summed E-state index contributed by atoms with van der Waals surface area (Å²) in [5.41, 5.74) is 3.88. The Morgan fingerprint density at radius 2 is 1.95 bits per heavy atom. The Morgan fingerprint density at radius 1 is 1.24 bits per heavy atom. The second-order valence-corrected chi connectivity index (χ2v) is 7.43. The van der Waals surface area contributed by atoms with E-state index in [9.17, 15) is 0 Å². The van der Waals surface area contributed by atoms with Crippen LogP contribution in [0.25, 0.3) is 0 Å². The van der Waals surface area contributed by atoms with Crippen LogP contribution < -0.4 is 5.32 Å². The number of rotatable bonds is 6. The molecule has 0 saturated heterocycles. The summed E-state index contributed by atoms with van der Waals surface area (Å²) in [6, 6.07) is 10.0. The molecule has 0 spiro atoms. The molecule has 3 rings (SSSR count). The molecule has 0 radical (unpaired) electrons. The Morgan fingerprint density at radius 3 is 2.48 bits per heavy atom. The van der Waals surface area contributed by atoms with Gasteiger partial charge in [-0.15, -0.1) is 11.3 Å². The maximum Gasteiger partial charge on any atom is 0.114 e. The summed E-state index contributed by atoms with van der Waals surface area (Å²) in [6.45, 7) is 6.60. The van der Waals surface area contributed by atoms with Gasteiger partial charge in [-0.05, 0) is 43.2 Å². The largest absolute Gasteiger partial charge is 0.301 e. The van der Waals surface area contributed by atoms with Crippen LogP contribution in [-0.2, 0) is 6.42 Å². The predicted octanol–water partition coefficient (Wildman–Crippen LogP) is 4.49. The highest BCUT2D eigenvalue weighted by Crippen LogP contribution is 2.30. The van der Waals surface area contributed by atoms with Crippen LogP contribution in [-0.4, -0.2) is 11.0 Å². The van der Waals surface area contributed by atoms with E-state index in [-0.39, 0.29) is 6.04 Å². The third-order valence-electron chi connectivity index (χ3n) is 3.82. The summed E-state index contributed by atoms with van der Waals surface area (Å²) in [5.74, 6) is 0.706. The number of aryl methyl sites for hydroxylation is 1. The van der Waals surface area contributed by atoms with Crippen molar-refractivity contribution in [3.63, 3.8) is 0 Å². The summed E-state index contributed by atoms with van der Waals surface area (Å²) < 4.78 is 0. The second-order valence-electron chi connectivity index (χ2n) is 6.54. The van der Waals surface area contributed by atoms with Gasteiger partial charge < -0.3 is 5.32 Å². The van der Waals surface area contributed by atoms with Gasteiger partial charge >= 0.3 is 0 Å². The summed E-state index contributed by atoms with van der Waals surface area (Å²) >= 11 is 1.76. The lowest BCUT2D eigenvalue weighted by Crippen LogP contribution is -2.24. The van der Waals surface area contributed by atoms with E-state index in [1.807, 2.05) is 0 Å². The topological polar surface area (TPSA) is 24.9 Å². The van der Waals surface area contributed by atoms with Crippen LogP contribution in [0.1, 0.15) is 54.6 Å². The maximum atomic E-state index is 4.70. The average molecular weight is 300 g/mol. The first-order valence-electron chi connectivity index (χ1n) is 7.88. The monoisotopic (exact) mass is 300 g/mol. The number of hydrogen-bond donors (Lipinski definition) is 1. The molecule has 0 aliphatic heterocycles. The van der Waals surface area contributed by atoms with Gasteiger partial charge in [0.1, 0.15) is 5.01 Å². The number of nitrogens with zero attached hydrogens (tertiary/aromatic N) is 1. The molecular weight excluding hydrogens is 276 g/mol. The molecule has 0 amide bonds. The van der Waals surface area contributed by atoms with Gasteiger partial charge in [0.25, 0.3) is 0 Å². The fraction of sp³-hybridized carbons (Fsp3) is 0.500. The molecule has 2 aromatic rings. The number of nitrogens with one attached hydrogen (secondary N) is 1. The number of thiazole rings is 1. The minimum Gasteiger partial charge on any atom is -0.301 e. The first kappa shape index (κ1) is 14.7. The van der Waals surface area contributed by atoms with E-state index in [0.717, 1.165) is 12.1 Å². The Balaban J connectivity index is 1.81. The van der Waals surface area contributed by atoms with Crippen LogP contribution in [0.4, 0.5) is 0 Å². The molecule has 1 aliphatic rings. The van der Waals surface area contributed by atoms with Gasteiger partial charge in [0, 0.05) is 17.1 Å². The second kappa shape index (κ2) is 6.29. The zero-order valence-corrected chi connectivity index (χ0v) is 13.9. The predicted molar refractivity (Wildman–Crippen MR) is 89.8 cm³/mol. The summed E-state index contributed by atoms with van der Waals surface area (Å²) in [6.07, 6.45) is 3.75. The fourth-order valence-electron chi connectivity index (χ4n) is 2.62. The zero-order valence-electron chi connectivity index (χ0n) is 13.1. The molecule has 1 heterocycles. The Hall–Kier alpha value is -1.19. The van der Waals surface area contributed by atoms with E-state index in [4.69, 9.17) is 4.98 Å². The van der Waals surface area contributed by atoms with Crippen molar-refractivity contribution in [3.05, 3.63) is 51.5 Å². The molecule has 1 aromatic carbocycles. The van der Waals surface area contributed by atoms with Crippen LogP contribution in [0.3, 0.4) is 0 Å². The Labute approximate surface area is 131 Å². The minimum atomic E-state index is 0.254. The van der Waals surface area contributed by atoms with E-state index in [2.05, 4.69) is 55.7 Å².